The van der Waals surface area contributed by atoms with Gasteiger partial charge in [0.1, 0.15) is 5.75 Å². The minimum absolute atomic E-state index is 0.0353. The van der Waals surface area contributed by atoms with Crippen LogP contribution in [0.1, 0.15) is 62.7 Å². The lowest BCUT2D eigenvalue weighted by Gasteiger charge is -2.28. The Bertz CT molecular complexity index is 805. The first-order chi connectivity index (χ1) is 17.2. The monoisotopic (exact) mass is 507 g/mol. The van der Waals surface area contributed by atoms with Gasteiger partial charge in [-0.2, -0.15) is 0 Å². The maximum atomic E-state index is 12.9. The molecule has 6 N–H and O–H groups in total. The number of carbonyl (C=O) groups is 2. The van der Waals surface area contributed by atoms with E-state index in [-0.39, 0.29) is 30.2 Å². The molecule has 1 aromatic rings. The zero-order valence-corrected chi connectivity index (χ0v) is 21.9. The van der Waals surface area contributed by atoms with Crippen LogP contribution in [0.25, 0.3) is 0 Å². The third kappa shape index (κ3) is 9.69. The summed E-state index contributed by atoms with van der Waals surface area (Å²) in [6.45, 7) is 5.72. The van der Waals surface area contributed by atoms with Crippen LogP contribution in [0.2, 0.25) is 0 Å². The summed E-state index contributed by atoms with van der Waals surface area (Å²) in [4.78, 5) is 25.2. The number of aliphatic hydroxyl groups is 2. The number of ether oxygens (including phenoxy) is 2. The first-order valence-electron chi connectivity index (χ1n) is 13.1. The molecule has 9 heteroatoms. The fourth-order valence-electron chi connectivity index (χ4n) is 4.46. The summed E-state index contributed by atoms with van der Waals surface area (Å²) >= 11 is 0. The molecule has 9 nitrogen and oxygen atoms in total. The number of hydrogen-bond acceptors (Lipinski definition) is 7. The van der Waals surface area contributed by atoms with Crippen molar-refractivity contribution >= 4 is 11.8 Å². The number of rotatable bonds is 16. The minimum Gasteiger partial charge on any atom is -0.493 e. The van der Waals surface area contributed by atoms with Gasteiger partial charge in [0.25, 0.3) is 5.91 Å². The average molecular weight is 508 g/mol. The summed E-state index contributed by atoms with van der Waals surface area (Å²) in [6, 6.07) is 6.61. The van der Waals surface area contributed by atoms with Crippen LogP contribution >= 0.6 is 0 Å². The largest absolute Gasteiger partial charge is 0.493 e. The van der Waals surface area contributed by atoms with Gasteiger partial charge in [-0.3, -0.25) is 9.59 Å². The van der Waals surface area contributed by atoms with E-state index in [0.29, 0.717) is 50.3 Å². The Morgan fingerprint density at radius 1 is 1.11 bits per heavy atom. The number of unbranched alkanes of at least 4 members (excludes halogenated alkanes) is 1. The summed E-state index contributed by atoms with van der Waals surface area (Å²) in [5.74, 6) is -0.0664. The second kappa shape index (κ2) is 15.8. The van der Waals surface area contributed by atoms with Crippen molar-refractivity contribution in [3.8, 4) is 5.75 Å². The quantitative estimate of drug-likeness (QED) is 0.215. The maximum absolute atomic E-state index is 12.9. The standard InChI is InChI=1S/C27H45N3O6/c1-18(2)19(15-22(28)24(32)17-30-26(33)20-10-8-11-23(20)31)16-29-27(34)21-9-4-5-12-25(21)36-14-7-6-13-35-3/h4-5,9,12,18-20,22-24,31-32H,6-8,10-11,13-17,28H2,1-3H3,(H,29,34)(H,30,33). The van der Waals surface area contributed by atoms with Gasteiger partial charge >= 0.3 is 0 Å². The van der Waals surface area contributed by atoms with Crippen LogP contribution in [0.4, 0.5) is 0 Å². The van der Waals surface area contributed by atoms with Gasteiger partial charge in [0.2, 0.25) is 5.91 Å². The zero-order valence-electron chi connectivity index (χ0n) is 21.9. The highest BCUT2D eigenvalue weighted by Crippen LogP contribution is 2.25. The van der Waals surface area contributed by atoms with Gasteiger partial charge in [-0.25, -0.2) is 0 Å². The van der Waals surface area contributed by atoms with Crippen molar-refractivity contribution in [3.05, 3.63) is 29.8 Å². The minimum atomic E-state index is -0.920. The van der Waals surface area contributed by atoms with Crippen LogP contribution in [0.3, 0.4) is 0 Å². The molecule has 0 aromatic heterocycles. The summed E-state index contributed by atoms with van der Waals surface area (Å²) in [6.07, 6.45) is 2.79. The van der Waals surface area contributed by atoms with Crippen LogP contribution in [0.15, 0.2) is 24.3 Å². The van der Waals surface area contributed by atoms with Crippen molar-refractivity contribution in [1.82, 2.24) is 10.6 Å². The highest BCUT2D eigenvalue weighted by Gasteiger charge is 2.32. The van der Waals surface area contributed by atoms with Crippen LogP contribution in [0, 0.1) is 17.8 Å². The van der Waals surface area contributed by atoms with Gasteiger partial charge in [-0.1, -0.05) is 26.0 Å². The number of nitrogens with one attached hydrogen (secondary N) is 2. The van der Waals surface area contributed by atoms with E-state index in [1.807, 2.05) is 6.07 Å². The molecule has 1 aliphatic carbocycles. The fourth-order valence-corrected chi connectivity index (χ4v) is 4.46. The first-order valence-corrected chi connectivity index (χ1v) is 13.1. The SMILES string of the molecule is COCCCCOc1ccccc1C(=O)NCC(CC(N)C(O)CNC(=O)C1CCCC1O)C(C)C. The van der Waals surface area contributed by atoms with Gasteiger partial charge in [-0.05, 0) is 62.5 Å². The molecule has 0 radical (unpaired) electrons. The third-order valence-electron chi connectivity index (χ3n) is 6.97. The zero-order chi connectivity index (χ0) is 26.5. The van der Waals surface area contributed by atoms with E-state index in [1.165, 1.54) is 0 Å². The second-order valence-electron chi connectivity index (χ2n) is 10.1. The average Bonchev–Trinajstić information content (AvgIpc) is 3.30. The van der Waals surface area contributed by atoms with Gasteiger partial charge in [0.05, 0.1) is 30.3 Å². The van der Waals surface area contributed by atoms with Crippen LogP contribution in [-0.2, 0) is 9.53 Å². The van der Waals surface area contributed by atoms with Crippen LogP contribution < -0.4 is 21.1 Å². The topological polar surface area (TPSA) is 143 Å². The Morgan fingerprint density at radius 3 is 2.50 bits per heavy atom. The lowest BCUT2D eigenvalue weighted by atomic mass is 9.87. The number of methoxy groups -OCH3 is 1. The van der Waals surface area contributed by atoms with Crippen molar-refractivity contribution in [2.24, 2.45) is 23.5 Å². The van der Waals surface area contributed by atoms with E-state index in [2.05, 4.69) is 24.5 Å². The number of para-hydroxylation sites is 1. The molecule has 0 heterocycles. The Hall–Kier alpha value is -2.20. The normalized spacial score (nSPS) is 20.1. The van der Waals surface area contributed by atoms with Crippen molar-refractivity contribution in [3.63, 3.8) is 0 Å². The van der Waals surface area contributed by atoms with Crippen molar-refractivity contribution in [1.29, 1.82) is 0 Å². The van der Waals surface area contributed by atoms with E-state index in [0.717, 1.165) is 19.3 Å². The van der Waals surface area contributed by atoms with Crippen molar-refractivity contribution in [2.45, 2.75) is 70.6 Å². The van der Waals surface area contributed by atoms with Gasteiger partial charge in [-0.15, -0.1) is 0 Å². The van der Waals surface area contributed by atoms with Gasteiger partial charge in [0.15, 0.2) is 0 Å². The number of hydrogen-bond donors (Lipinski definition) is 5. The maximum Gasteiger partial charge on any atom is 0.255 e. The Kier molecular flexibility index (Phi) is 13.2. The molecule has 2 amide bonds. The molecule has 5 unspecified atom stereocenters. The molecule has 1 saturated carbocycles. The lowest BCUT2D eigenvalue weighted by Crippen LogP contribution is -2.47. The molecule has 204 valence electrons. The number of amides is 2. The summed E-state index contributed by atoms with van der Waals surface area (Å²) < 4.78 is 10.9. The molecule has 1 aliphatic rings. The molecule has 1 fully saturated rings. The number of aliphatic hydroxyl groups excluding tert-OH is 2. The van der Waals surface area contributed by atoms with E-state index in [1.54, 1.807) is 25.3 Å². The van der Waals surface area contributed by atoms with E-state index >= 15 is 0 Å². The highest BCUT2D eigenvalue weighted by atomic mass is 16.5. The summed E-state index contributed by atoms with van der Waals surface area (Å²) in [7, 11) is 1.67. The van der Waals surface area contributed by atoms with E-state index in [9.17, 15) is 19.8 Å². The molecule has 0 saturated heterocycles. The summed E-state index contributed by atoms with van der Waals surface area (Å²) in [5, 5.41) is 26.1. The van der Waals surface area contributed by atoms with Crippen molar-refractivity contribution in [2.75, 3.05) is 33.4 Å². The molecule has 0 spiro atoms. The molecule has 5 atom stereocenters. The van der Waals surface area contributed by atoms with Gasteiger partial charge in [0, 0.05) is 32.8 Å². The molecular weight excluding hydrogens is 462 g/mol. The first kappa shape index (κ1) is 30.0. The fraction of sp³-hybridized carbons (Fsp3) is 0.704. The molecule has 0 bridgehead atoms. The van der Waals surface area contributed by atoms with E-state index < -0.39 is 24.2 Å². The third-order valence-corrected chi connectivity index (χ3v) is 6.97. The number of benzene rings is 1. The van der Waals surface area contributed by atoms with Crippen LogP contribution in [0.5, 0.6) is 5.75 Å². The van der Waals surface area contributed by atoms with E-state index in [4.69, 9.17) is 15.2 Å². The predicted molar refractivity (Wildman–Crippen MR) is 139 cm³/mol. The summed E-state index contributed by atoms with van der Waals surface area (Å²) in [5.41, 5.74) is 6.74. The Balaban J connectivity index is 1.83. The lowest BCUT2D eigenvalue weighted by molar-refractivity contribution is -0.128. The number of nitrogens with two attached hydrogens (primary N) is 1. The predicted octanol–water partition coefficient (Wildman–Crippen LogP) is 1.85. The molecule has 1 aromatic carbocycles. The van der Waals surface area contributed by atoms with Crippen LogP contribution in [-0.4, -0.2) is 73.7 Å². The molecular formula is C27H45N3O6. The second-order valence-corrected chi connectivity index (χ2v) is 10.1. The molecule has 2 rings (SSSR count). The smallest absolute Gasteiger partial charge is 0.255 e. The van der Waals surface area contributed by atoms with Crippen molar-refractivity contribution < 1.29 is 29.3 Å². The molecule has 36 heavy (non-hydrogen) atoms. The van der Waals surface area contributed by atoms with Gasteiger partial charge < -0.3 is 36.1 Å². The molecule has 0 aliphatic heterocycles. The number of carbonyl (C=O) groups excluding carboxylic acids is 2. The Labute approximate surface area is 215 Å². The Morgan fingerprint density at radius 2 is 1.83 bits per heavy atom. The highest BCUT2D eigenvalue weighted by molar-refractivity contribution is 5.96.